The molecule has 0 unspecified atom stereocenters. The molecule has 6 nitrogen and oxygen atoms in total. The van der Waals surface area contributed by atoms with Crippen LogP contribution in [0.15, 0.2) is 21.7 Å². The van der Waals surface area contributed by atoms with Crippen molar-refractivity contribution in [3.05, 3.63) is 23.7 Å². The molecule has 6 heteroatoms. The van der Waals surface area contributed by atoms with Gasteiger partial charge in [0.15, 0.2) is 0 Å². The van der Waals surface area contributed by atoms with Crippen molar-refractivity contribution in [2.45, 2.75) is 65.2 Å². The van der Waals surface area contributed by atoms with Gasteiger partial charge in [-0.05, 0) is 25.5 Å². The van der Waals surface area contributed by atoms with Crippen LogP contribution in [0.4, 0.5) is 0 Å². The fraction of sp³-hybridized carbons (Fsp3) is 0.611. The van der Waals surface area contributed by atoms with Gasteiger partial charge in [-0.1, -0.05) is 45.4 Å². The van der Waals surface area contributed by atoms with Crippen LogP contribution >= 0.6 is 0 Å². The summed E-state index contributed by atoms with van der Waals surface area (Å²) in [6.07, 6.45) is 10.1. The Morgan fingerprint density at radius 3 is 2.46 bits per heavy atom. The van der Waals surface area contributed by atoms with E-state index in [2.05, 4.69) is 22.8 Å². The Kier molecular flexibility index (Phi) is 10.2. The highest BCUT2D eigenvalue weighted by Gasteiger charge is 2.04. The molecule has 0 aromatic carbocycles. The van der Waals surface area contributed by atoms with E-state index >= 15 is 0 Å². The average molecular weight is 335 g/mol. The molecule has 1 rings (SSSR count). The van der Waals surface area contributed by atoms with Crippen LogP contribution in [0, 0.1) is 6.92 Å². The predicted molar refractivity (Wildman–Crippen MR) is 94.8 cm³/mol. The number of unbranched alkanes of at least 4 members (excludes halogenated alkanes) is 6. The number of rotatable bonds is 12. The summed E-state index contributed by atoms with van der Waals surface area (Å²) in [6, 6.07) is 3.57. The van der Waals surface area contributed by atoms with Crippen molar-refractivity contribution in [3.63, 3.8) is 0 Å². The van der Waals surface area contributed by atoms with Crippen LogP contribution < -0.4 is 10.7 Å². The van der Waals surface area contributed by atoms with Crippen LogP contribution in [0.5, 0.6) is 0 Å². The van der Waals surface area contributed by atoms with Crippen LogP contribution in [-0.2, 0) is 9.59 Å². The minimum Gasteiger partial charge on any atom is -0.460 e. The molecule has 0 aliphatic heterocycles. The molecule has 0 bridgehead atoms. The number of furan rings is 1. The molecule has 0 radical (unpaired) electrons. The molecule has 24 heavy (non-hydrogen) atoms. The molecular weight excluding hydrogens is 306 g/mol. The van der Waals surface area contributed by atoms with E-state index in [4.69, 9.17) is 4.42 Å². The number of hydrogen-bond acceptors (Lipinski definition) is 4. The molecular formula is C18H29N3O3. The van der Waals surface area contributed by atoms with Crippen molar-refractivity contribution < 1.29 is 14.0 Å². The number of hydrogen-bond donors (Lipinski definition) is 2. The van der Waals surface area contributed by atoms with Gasteiger partial charge in [-0.2, -0.15) is 5.10 Å². The van der Waals surface area contributed by atoms with Gasteiger partial charge in [-0.3, -0.25) is 9.59 Å². The van der Waals surface area contributed by atoms with E-state index in [9.17, 15) is 9.59 Å². The first-order valence-electron chi connectivity index (χ1n) is 8.77. The fourth-order valence-electron chi connectivity index (χ4n) is 2.24. The van der Waals surface area contributed by atoms with Crippen molar-refractivity contribution in [3.8, 4) is 0 Å². The number of nitrogens with zero attached hydrogens (tertiary/aromatic N) is 1. The van der Waals surface area contributed by atoms with Gasteiger partial charge in [0.05, 0.1) is 12.8 Å². The summed E-state index contributed by atoms with van der Waals surface area (Å²) < 4.78 is 5.28. The summed E-state index contributed by atoms with van der Waals surface area (Å²) in [4.78, 5) is 23.2. The first-order valence-corrected chi connectivity index (χ1v) is 8.77. The van der Waals surface area contributed by atoms with Crippen LogP contribution in [0.1, 0.15) is 69.8 Å². The Balaban J connectivity index is 2.03. The lowest BCUT2D eigenvalue weighted by Crippen LogP contribution is -2.34. The van der Waals surface area contributed by atoms with Gasteiger partial charge in [-0.15, -0.1) is 0 Å². The predicted octanol–water partition coefficient (Wildman–Crippen LogP) is 3.30. The number of carbonyl (C=O) groups excluding carboxylic acids is 2. The first kappa shape index (κ1) is 19.9. The van der Waals surface area contributed by atoms with Crippen LogP contribution in [0.3, 0.4) is 0 Å². The maximum Gasteiger partial charge on any atom is 0.259 e. The highest BCUT2D eigenvalue weighted by Crippen LogP contribution is 2.08. The third kappa shape index (κ3) is 9.82. The molecule has 0 spiro atoms. The Bertz CT molecular complexity index is 523. The smallest absolute Gasteiger partial charge is 0.259 e. The topological polar surface area (TPSA) is 83.7 Å². The molecule has 2 N–H and O–H groups in total. The number of amides is 2. The van der Waals surface area contributed by atoms with Gasteiger partial charge >= 0.3 is 0 Å². The second-order valence-electron chi connectivity index (χ2n) is 5.89. The van der Waals surface area contributed by atoms with Crippen molar-refractivity contribution in [2.75, 3.05) is 6.54 Å². The van der Waals surface area contributed by atoms with Gasteiger partial charge < -0.3 is 9.73 Å². The monoisotopic (exact) mass is 335 g/mol. The molecule has 0 atom stereocenters. The first-order chi connectivity index (χ1) is 11.6. The maximum atomic E-state index is 11.6. The van der Waals surface area contributed by atoms with Crippen molar-refractivity contribution in [1.29, 1.82) is 0 Å². The third-order valence-electron chi connectivity index (χ3n) is 3.60. The second kappa shape index (κ2) is 12.3. The SMILES string of the molecule is CCCCCCCCCC(=O)NCC(=O)NN=Cc1ccc(C)o1. The third-order valence-corrected chi connectivity index (χ3v) is 3.60. The summed E-state index contributed by atoms with van der Waals surface area (Å²) >= 11 is 0. The summed E-state index contributed by atoms with van der Waals surface area (Å²) in [5, 5.41) is 6.37. The Morgan fingerprint density at radius 2 is 1.79 bits per heavy atom. The zero-order valence-electron chi connectivity index (χ0n) is 14.8. The molecule has 0 fully saturated rings. The number of aryl methyl sites for hydroxylation is 1. The van der Waals surface area contributed by atoms with E-state index in [0.717, 1.165) is 18.6 Å². The zero-order chi connectivity index (χ0) is 17.6. The highest BCUT2D eigenvalue weighted by molar-refractivity contribution is 5.85. The molecule has 134 valence electrons. The molecule has 0 saturated carbocycles. The molecule has 1 aromatic rings. The molecule has 1 heterocycles. The summed E-state index contributed by atoms with van der Waals surface area (Å²) in [7, 11) is 0. The quantitative estimate of drug-likeness (QED) is 0.349. The average Bonchev–Trinajstić information content (AvgIpc) is 2.97. The summed E-state index contributed by atoms with van der Waals surface area (Å²) in [6.45, 7) is 3.96. The van der Waals surface area contributed by atoms with E-state index < -0.39 is 0 Å². The lowest BCUT2D eigenvalue weighted by Gasteiger charge is -2.04. The molecule has 1 aromatic heterocycles. The molecule has 0 aliphatic rings. The number of carbonyl (C=O) groups is 2. The van der Waals surface area contributed by atoms with Crippen LogP contribution in [0.2, 0.25) is 0 Å². The zero-order valence-corrected chi connectivity index (χ0v) is 14.8. The van der Waals surface area contributed by atoms with Crippen LogP contribution in [0.25, 0.3) is 0 Å². The van der Waals surface area contributed by atoms with Gasteiger partial charge in [-0.25, -0.2) is 5.43 Å². The minimum atomic E-state index is -0.359. The van der Waals surface area contributed by atoms with E-state index in [0.29, 0.717) is 12.2 Å². The maximum absolute atomic E-state index is 11.6. The van der Waals surface area contributed by atoms with E-state index in [1.807, 2.05) is 13.0 Å². The highest BCUT2D eigenvalue weighted by atomic mass is 16.3. The Morgan fingerprint density at radius 1 is 1.08 bits per heavy atom. The molecule has 2 amide bonds. The van der Waals surface area contributed by atoms with Crippen molar-refractivity contribution >= 4 is 18.0 Å². The summed E-state index contributed by atoms with van der Waals surface area (Å²) in [5.74, 6) is 0.892. The van der Waals surface area contributed by atoms with E-state index in [1.165, 1.54) is 38.3 Å². The lowest BCUT2D eigenvalue weighted by molar-refractivity contribution is -0.126. The van der Waals surface area contributed by atoms with Gasteiger partial charge in [0.2, 0.25) is 5.91 Å². The van der Waals surface area contributed by atoms with Crippen LogP contribution in [-0.4, -0.2) is 24.6 Å². The fourth-order valence-corrected chi connectivity index (χ4v) is 2.24. The standard InChI is InChI=1S/C18H29N3O3/c1-3-4-5-6-7-8-9-10-17(22)19-14-18(23)21-20-13-16-12-11-15(2)24-16/h11-13H,3-10,14H2,1-2H3,(H,19,22)(H,21,23). The molecule has 0 aliphatic carbocycles. The van der Waals surface area contributed by atoms with E-state index in [1.54, 1.807) is 6.07 Å². The van der Waals surface area contributed by atoms with Gasteiger partial charge in [0.1, 0.15) is 11.5 Å². The van der Waals surface area contributed by atoms with Gasteiger partial charge in [0.25, 0.3) is 5.91 Å². The van der Waals surface area contributed by atoms with Gasteiger partial charge in [0, 0.05) is 6.42 Å². The summed E-state index contributed by atoms with van der Waals surface area (Å²) in [5.41, 5.74) is 2.35. The Hall–Kier alpha value is -2.11. The largest absolute Gasteiger partial charge is 0.460 e. The molecule has 0 saturated heterocycles. The normalized spacial score (nSPS) is 10.9. The number of nitrogens with one attached hydrogen (secondary N) is 2. The minimum absolute atomic E-state index is 0.0656. The van der Waals surface area contributed by atoms with E-state index in [-0.39, 0.29) is 18.4 Å². The van der Waals surface area contributed by atoms with Crippen molar-refractivity contribution in [1.82, 2.24) is 10.7 Å². The second-order valence-corrected chi connectivity index (χ2v) is 5.89. The number of hydrazone groups is 1. The van der Waals surface area contributed by atoms with Crippen molar-refractivity contribution in [2.24, 2.45) is 5.10 Å². The Labute approximate surface area is 144 Å². The lowest BCUT2D eigenvalue weighted by atomic mass is 10.1.